The topological polar surface area (TPSA) is 49.9 Å². The van der Waals surface area contributed by atoms with E-state index < -0.39 is 0 Å². The zero-order valence-corrected chi connectivity index (χ0v) is 15.5. The number of carbonyl (C=O) groups is 2. The zero-order chi connectivity index (χ0) is 18.7. The molecule has 5 nitrogen and oxygen atoms in total. The highest BCUT2D eigenvalue weighted by Crippen LogP contribution is 2.16. The molecule has 1 heterocycles. The number of hydrogen-bond donors (Lipinski definition) is 0. The number of benzene rings is 2. The molecule has 1 saturated heterocycles. The number of carbonyl (C=O) groups excluding carboxylic acids is 2. The summed E-state index contributed by atoms with van der Waals surface area (Å²) >= 11 is 0. The van der Waals surface area contributed by atoms with Crippen LogP contribution in [0.2, 0.25) is 0 Å². The molecular weight excluding hydrogens is 328 g/mol. The third kappa shape index (κ3) is 3.72. The van der Waals surface area contributed by atoms with Crippen LogP contribution >= 0.6 is 0 Å². The van der Waals surface area contributed by atoms with Gasteiger partial charge in [0.1, 0.15) is 5.75 Å². The Balaban J connectivity index is 1.61. The number of amides is 2. The second-order valence-corrected chi connectivity index (χ2v) is 6.61. The number of aryl methyl sites for hydroxylation is 2. The molecule has 0 aromatic heterocycles. The minimum absolute atomic E-state index is 0.00840. The van der Waals surface area contributed by atoms with E-state index in [2.05, 4.69) is 0 Å². The van der Waals surface area contributed by atoms with Gasteiger partial charge in [-0.15, -0.1) is 0 Å². The normalized spacial score (nSPS) is 14.3. The van der Waals surface area contributed by atoms with Crippen molar-refractivity contribution in [1.29, 1.82) is 0 Å². The second kappa shape index (κ2) is 7.60. The van der Waals surface area contributed by atoms with Gasteiger partial charge in [-0.2, -0.15) is 0 Å². The summed E-state index contributed by atoms with van der Waals surface area (Å²) < 4.78 is 5.12. The molecule has 1 fully saturated rings. The van der Waals surface area contributed by atoms with Gasteiger partial charge in [-0.3, -0.25) is 9.59 Å². The first kappa shape index (κ1) is 18.0. The Kier molecular flexibility index (Phi) is 5.26. The fraction of sp³-hybridized carbons (Fsp3) is 0.333. The molecule has 0 atom stereocenters. The molecule has 0 spiro atoms. The molecule has 136 valence electrons. The molecule has 1 aliphatic heterocycles. The van der Waals surface area contributed by atoms with Crippen LogP contribution in [-0.2, 0) is 0 Å². The maximum atomic E-state index is 12.7. The minimum atomic E-state index is -0.00840. The smallest absolute Gasteiger partial charge is 0.253 e. The van der Waals surface area contributed by atoms with Crippen LogP contribution < -0.4 is 4.74 Å². The molecule has 0 saturated carbocycles. The lowest BCUT2D eigenvalue weighted by Crippen LogP contribution is -2.50. The average Bonchev–Trinajstić information content (AvgIpc) is 2.69. The fourth-order valence-corrected chi connectivity index (χ4v) is 3.09. The summed E-state index contributed by atoms with van der Waals surface area (Å²) in [7, 11) is 1.60. The quantitative estimate of drug-likeness (QED) is 0.853. The summed E-state index contributed by atoms with van der Waals surface area (Å²) in [5, 5.41) is 0. The standard InChI is InChI=1S/C21H24N2O3/c1-15-4-5-18(14-16(15)2)21(25)23-12-10-22(11-13-23)20(24)17-6-8-19(26-3)9-7-17/h4-9,14H,10-13H2,1-3H3. The van der Waals surface area contributed by atoms with Gasteiger partial charge in [0, 0.05) is 37.3 Å². The number of nitrogens with zero attached hydrogens (tertiary/aromatic N) is 2. The predicted octanol–water partition coefficient (Wildman–Crippen LogP) is 2.91. The van der Waals surface area contributed by atoms with Crippen LogP contribution in [0.3, 0.4) is 0 Å². The van der Waals surface area contributed by atoms with Crippen molar-refractivity contribution >= 4 is 11.8 Å². The Morgan fingerprint density at radius 1 is 0.769 bits per heavy atom. The molecule has 0 N–H and O–H groups in total. The first-order valence-corrected chi connectivity index (χ1v) is 8.79. The maximum absolute atomic E-state index is 12.7. The minimum Gasteiger partial charge on any atom is -0.497 e. The van der Waals surface area contributed by atoms with Crippen LogP contribution in [-0.4, -0.2) is 54.9 Å². The summed E-state index contributed by atoms with van der Waals surface area (Å²) in [6, 6.07) is 12.9. The van der Waals surface area contributed by atoms with Crippen molar-refractivity contribution in [2.24, 2.45) is 0 Å². The Hall–Kier alpha value is -2.82. The highest BCUT2D eigenvalue weighted by Gasteiger charge is 2.25. The van der Waals surface area contributed by atoms with E-state index in [4.69, 9.17) is 4.74 Å². The van der Waals surface area contributed by atoms with Gasteiger partial charge in [-0.1, -0.05) is 6.07 Å². The lowest BCUT2D eigenvalue weighted by molar-refractivity contribution is 0.0535. The van der Waals surface area contributed by atoms with Crippen molar-refractivity contribution < 1.29 is 14.3 Å². The van der Waals surface area contributed by atoms with E-state index in [9.17, 15) is 9.59 Å². The maximum Gasteiger partial charge on any atom is 0.253 e. The van der Waals surface area contributed by atoms with E-state index in [1.807, 2.05) is 36.9 Å². The third-order valence-corrected chi connectivity index (χ3v) is 4.94. The van der Waals surface area contributed by atoms with Gasteiger partial charge in [0.15, 0.2) is 0 Å². The Labute approximate surface area is 154 Å². The molecule has 2 amide bonds. The van der Waals surface area contributed by atoms with Gasteiger partial charge in [0.05, 0.1) is 7.11 Å². The van der Waals surface area contributed by atoms with Gasteiger partial charge in [0.25, 0.3) is 11.8 Å². The molecule has 0 unspecified atom stereocenters. The lowest BCUT2D eigenvalue weighted by Gasteiger charge is -2.35. The Morgan fingerprint density at radius 3 is 1.77 bits per heavy atom. The lowest BCUT2D eigenvalue weighted by atomic mass is 10.1. The van der Waals surface area contributed by atoms with E-state index >= 15 is 0 Å². The van der Waals surface area contributed by atoms with Crippen LogP contribution in [0.1, 0.15) is 31.8 Å². The molecule has 3 rings (SSSR count). The van der Waals surface area contributed by atoms with Gasteiger partial charge in [0.2, 0.25) is 0 Å². The molecular formula is C21H24N2O3. The highest BCUT2D eigenvalue weighted by molar-refractivity contribution is 5.96. The van der Waals surface area contributed by atoms with Gasteiger partial charge >= 0.3 is 0 Å². The Morgan fingerprint density at radius 2 is 1.27 bits per heavy atom. The molecule has 0 bridgehead atoms. The van der Waals surface area contributed by atoms with E-state index in [-0.39, 0.29) is 11.8 Å². The first-order chi connectivity index (χ1) is 12.5. The first-order valence-electron chi connectivity index (χ1n) is 8.79. The molecule has 1 aliphatic rings. The molecule has 5 heteroatoms. The number of rotatable bonds is 3. The van der Waals surface area contributed by atoms with Crippen molar-refractivity contribution in [3.63, 3.8) is 0 Å². The second-order valence-electron chi connectivity index (χ2n) is 6.61. The third-order valence-electron chi connectivity index (χ3n) is 4.94. The molecule has 2 aromatic carbocycles. The van der Waals surface area contributed by atoms with Crippen molar-refractivity contribution in [3.05, 3.63) is 64.7 Å². The summed E-state index contributed by atoms with van der Waals surface area (Å²) in [6.45, 7) is 6.23. The molecule has 2 aromatic rings. The SMILES string of the molecule is COc1ccc(C(=O)N2CCN(C(=O)c3ccc(C)c(C)c3)CC2)cc1. The summed E-state index contributed by atoms with van der Waals surface area (Å²) in [5.41, 5.74) is 3.64. The fourth-order valence-electron chi connectivity index (χ4n) is 3.09. The van der Waals surface area contributed by atoms with E-state index in [0.29, 0.717) is 37.3 Å². The van der Waals surface area contributed by atoms with Crippen LogP contribution in [0.5, 0.6) is 5.75 Å². The van der Waals surface area contributed by atoms with Crippen LogP contribution in [0.15, 0.2) is 42.5 Å². The van der Waals surface area contributed by atoms with E-state index in [1.165, 1.54) is 5.56 Å². The molecule has 26 heavy (non-hydrogen) atoms. The molecule has 0 aliphatic carbocycles. The number of piperazine rings is 1. The summed E-state index contributed by atoms with van der Waals surface area (Å²) in [4.78, 5) is 28.9. The van der Waals surface area contributed by atoms with Gasteiger partial charge in [-0.25, -0.2) is 0 Å². The van der Waals surface area contributed by atoms with Crippen molar-refractivity contribution in [3.8, 4) is 5.75 Å². The number of methoxy groups -OCH3 is 1. The summed E-state index contributed by atoms with van der Waals surface area (Å²) in [6.07, 6.45) is 0. The summed E-state index contributed by atoms with van der Waals surface area (Å²) in [5.74, 6) is 0.751. The zero-order valence-electron chi connectivity index (χ0n) is 15.5. The highest BCUT2D eigenvalue weighted by atomic mass is 16.5. The largest absolute Gasteiger partial charge is 0.497 e. The average molecular weight is 352 g/mol. The van der Waals surface area contributed by atoms with Crippen molar-refractivity contribution in [2.75, 3.05) is 33.3 Å². The number of hydrogen-bond acceptors (Lipinski definition) is 3. The van der Waals surface area contributed by atoms with Crippen LogP contribution in [0.4, 0.5) is 0 Å². The van der Waals surface area contributed by atoms with E-state index in [1.54, 1.807) is 36.3 Å². The monoisotopic (exact) mass is 352 g/mol. The van der Waals surface area contributed by atoms with Gasteiger partial charge in [-0.05, 0) is 61.4 Å². The van der Waals surface area contributed by atoms with Crippen molar-refractivity contribution in [1.82, 2.24) is 9.80 Å². The van der Waals surface area contributed by atoms with E-state index in [0.717, 1.165) is 11.3 Å². The van der Waals surface area contributed by atoms with Crippen LogP contribution in [0.25, 0.3) is 0 Å². The predicted molar refractivity (Wildman–Crippen MR) is 101 cm³/mol. The van der Waals surface area contributed by atoms with Gasteiger partial charge < -0.3 is 14.5 Å². The molecule has 0 radical (unpaired) electrons. The Bertz CT molecular complexity index is 807. The van der Waals surface area contributed by atoms with Crippen molar-refractivity contribution in [2.45, 2.75) is 13.8 Å². The van der Waals surface area contributed by atoms with Crippen LogP contribution in [0, 0.1) is 13.8 Å². The number of ether oxygens (including phenoxy) is 1.